The molecule has 108 valence electrons. The molecule has 2 N–H and O–H groups in total. The molecule has 0 saturated heterocycles. The lowest BCUT2D eigenvalue weighted by Gasteiger charge is -2.05. The van der Waals surface area contributed by atoms with E-state index in [1.807, 2.05) is 13.0 Å². The zero-order valence-corrected chi connectivity index (χ0v) is 11.6. The maximum Gasteiger partial charge on any atom is 0.251 e. The van der Waals surface area contributed by atoms with Gasteiger partial charge in [-0.1, -0.05) is 17.0 Å². The maximum atomic E-state index is 12.1. The normalized spacial score (nSPS) is 9.81. The summed E-state index contributed by atoms with van der Waals surface area (Å²) < 4.78 is 4.85. The van der Waals surface area contributed by atoms with Crippen LogP contribution in [0.4, 0.5) is 0 Å². The Morgan fingerprint density at radius 2 is 2.29 bits per heavy atom. The predicted molar refractivity (Wildman–Crippen MR) is 75.5 cm³/mol. The van der Waals surface area contributed by atoms with Crippen molar-refractivity contribution in [3.05, 3.63) is 47.1 Å². The number of hydrogen-bond donors (Lipinski definition) is 2. The standard InChI is InChI=1S/C15H15N3O3/c1-11-7-12(3-2-6-19)9-13(8-11)15(20)16-5-4-14-17-10-18-21-14/h7-10,19H,4-6H2,1H3,(H,16,20). The summed E-state index contributed by atoms with van der Waals surface area (Å²) in [7, 11) is 0. The number of nitrogens with one attached hydrogen (secondary N) is 1. The largest absolute Gasteiger partial charge is 0.384 e. The molecule has 1 heterocycles. The number of rotatable bonds is 4. The number of carbonyl (C=O) groups excluding carboxylic acids is 1. The van der Waals surface area contributed by atoms with Crippen molar-refractivity contribution in [2.45, 2.75) is 13.3 Å². The van der Waals surface area contributed by atoms with Crippen molar-refractivity contribution < 1.29 is 14.4 Å². The van der Waals surface area contributed by atoms with Crippen molar-refractivity contribution >= 4 is 5.91 Å². The quantitative estimate of drug-likeness (QED) is 0.807. The Kier molecular flexibility index (Phi) is 5.07. The topological polar surface area (TPSA) is 88.2 Å². The molecule has 0 fully saturated rings. The van der Waals surface area contributed by atoms with Crippen molar-refractivity contribution in [2.75, 3.05) is 13.2 Å². The summed E-state index contributed by atoms with van der Waals surface area (Å²) in [6, 6.07) is 5.34. The van der Waals surface area contributed by atoms with Gasteiger partial charge in [-0.3, -0.25) is 4.79 Å². The van der Waals surface area contributed by atoms with E-state index in [0.717, 1.165) is 5.56 Å². The van der Waals surface area contributed by atoms with Gasteiger partial charge in [0, 0.05) is 24.1 Å². The van der Waals surface area contributed by atoms with E-state index in [1.165, 1.54) is 6.33 Å². The molecule has 0 spiro atoms. The van der Waals surface area contributed by atoms with Crippen molar-refractivity contribution in [1.29, 1.82) is 0 Å². The molecule has 2 rings (SSSR count). The van der Waals surface area contributed by atoms with Gasteiger partial charge >= 0.3 is 0 Å². The second-order valence-electron chi connectivity index (χ2n) is 4.39. The Bertz CT molecular complexity index is 669. The van der Waals surface area contributed by atoms with Crippen LogP contribution in [0.15, 0.2) is 29.0 Å². The first kappa shape index (κ1) is 14.8. The molecule has 0 aliphatic heterocycles. The summed E-state index contributed by atoms with van der Waals surface area (Å²) in [5.41, 5.74) is 2.16. The molecule has 6 heteroatoms. The first-order valence-corrected chi connectivity index (χ1v) is 6.44. The molecule has 0 aliphatic carbocycles. The summed E-state index contributed by atoms with van der Waals surface area (Å²) in [5.74, 6) is 5.65. The average Bonchev–Trinajstić information content (AvgIpc) is 2.97. The van der Waals surface area contributed by atoms with Crippen LogP contribution < -0.4 is 5.32 Å². The zero-order valence-electron chi connectivity index (χ0n) is 11.6. The fourth-order valence-electron chi connectivity index (χ4n) is 1.82. The predicted octanol–water partition coefficient (Wildman–Crippen LogP) is 0.694. The van der Waals surface area contributed by atoms with Crippen LogP contribution in [-0.2, 0) is 6.42 Å². The van der Waals surface area contributed by atoms with Gasteiger partial charge in [0.1, 0.15) is 6.61 Å². The third-order valence-electron chi connectivity index (χ3n) is 2.68. The van der Waals surface area contributed by atoms with E-state index in [-0.39, 0.29) is 12.5 Å². The smallest absolute Gasteiger partial charge is 0.251 e. The van der Waals surface area contributed by atoms with Crippen molar-refractivity contribution in [1.82, 2.24) is 15.5 Å². The molecule has 1 aromatic heterocycles. The molecular weight excluding hydrogens is 270 g/mol. The van der Waals surface area contributed by atoms with E-state index in [9.17, 15) is 4.79 Å². The van der Waals surface area contributed by atoms with Gasteiger partial charge in [0.2, 0.25) is 5.89 Å². The van der Waals surface area contributed by atoms with Gasteiger partial charge in [-0.05, 0) is 30.7 Å². The minimum Gasteiger partial charge on any atom is -0.384 e. The lowest BCUT2D eigenvalue weighted by atomic mass is 10.1. The minimum atomic E-state index is -0.209. The van der Waals surface area contributed by atoms with E-state index >= 15 is 0 Å². The molecule has 0 unspecified atom stereocenters. The molecule has 1 amide bonds. The van der Waals surface area contributed by atoms with Gasteiger partial charge in [-0.15, -0.1) is 0 Å². The number of hydrogen-bond acceptors (Lipinski definition) is 5. The Balaban J connectivity index is 1.99. The SMILES string of the molecule is Cc1cc(C#CCO)cc(C(=O)NCCc2ncno2)c1. The number of benzene rings is 1. The fourth-order valence-corrected chi connectivity index (χ4v) is 1.82. The number of aliphatic hydroxyl groups excluding tert-OH is 1. The van der Waals surface area contributed by atoms with Crippen LogP contribution in [0.2, 0.25) is 0 Å². The summed E-state index contributed by atoms with van der Waals surface area (Å²) in [6.45, 7) is 2.09. The van der Waals surface area contributed by atoms with E-state index in [2.05, 4.69) is 27.3 Å². The van der Waals surface area contributed by atoms with Gasteiger partial charge in [-0.2, -0.15) is 4.98 Å². The minimum absolute atomic E-state index is 0.190. The van der Waals surface area contributed by atoms with E-state index in [0.29, 0.717) is 30.0 Å². The molecule has 21 heavy (non-hydrogen) atoms. The molecule has 0 bridgehead atoms. The fraction of sp³-hybridized carbons (Fsp3) is 0.267. The molecular formula is C15H15N3O3. The highest BCUT2D eigenvalue weighted by Crippen LogP contribution is 2.09. The Hall–Kier alpha value is -2.65. The van der Waals surface area contributed by atoms with Gasteiger partial charge in [0.15, 0.2) is 6.33 Å². The van der Waals surface area contributed by atoms with Crippen molar-refractivity contribution in [3.63, 3.8) is 0 Å². The number of aryl methyl sites for hydroxylation is 1. The number of nitrogens with zero attached hydrogens (tertiary/aromatic N) is 2. The van der Waals surface area contributed by atoms with Crippen LogP contribution >= 0.6 is 0 Å². The highest BCUT2D eigenvalue weighted by molar-refractivity contribution is 5.94. The first-order valence-electron chi connectivity index (χ1n) is 6.44. The number of aliphatic hydroxyl groups is 1. The lowest BCUT2D eigenvalue weighted by Crippen LogP contribution is -2.25. The summed E-state index contributed by atoms with van der Waals surface area (Å²) >= 11 is 0. The zero-order chi connectivity index (χ0) is 15.1. The van der Waals surface area contributed by atoms with Crippen LogP contribution in [0.5, 0.6) is 0 Å². The second kappa shape index (κ2) is 7.22. The first-order chi connectivity index (χ1) is 10.2. The highest BCUT2D eigenvalue weighted by atomic mass is 16.5. The van der Waals surface area contributed by atoms with Crippen molar-refractivity contribution in [3.8, 4) is 11.8 Å². The highest BCUT2D eigenvalue weighted by Gasteiger charge is 2.07. The summed E-state index contributed by atoms with van der Waals surface area (Å²) in [5, 5.41) is 15.0. The molecule has 0 aliphatic rings. The molecule has 1 aromatic carbocycles. The van der Waals surface area contributed by atoms with Crippen LogP contribution in [-0.4, -0.2) is 34.3 Å². The number of amides is 1. The summed E-state index contributed by atoms with van der Waals surface area (Å²) in [6.07, 6.45) is 1.80. The van der Waals surface area contributed by atoms with Gasteiger partial charge in [0.25, 0.3) is 5.91 Å². The molecule has 0 saturated carbocycles. The monoisotopic (exact) mass is 285 g/mol. The van der Waals surface area contributed by atoms with Gasteiger partial charge in [0.05, 0.1) is 0 Å². The van der Waals surface area contributed by atoms with Crippen LogP contribution in [0.25, 0.3) is 0 Å². The van der Waals surface area contributed by atoms with Crippen LogP contribution in [0.1, 0.15) is 27.4 Å². The Morgan fingerprint density at radius 3 is 3.00 bits per heavy atom. The van der Waals surface area contributed by atoms with E-state index < -0.39 is 0 Å². The molecule has 2 aromatic rings. The number of carbonyl (C=O) groups is 1. The van der Waals surface area contributed by atoms with E-state index in [4.69, 9.17) is 9.63 Å². The Labute approximate surface area is 122 Å². The number of aromatic nitrogens is 2. The van der Waals surface area contributed by atoms with E-state index in [1.54, 1.807) is 12.1 Å². The van der Waals surface area contributed by atoms with Gasteiger partial charge < -0.3 is 14.9 Å². The van der Waals surface area contributed by atoms with Gasteiger partial charge in [-0.25, -0.2) is 0 Å². The second-order valence-corrected chi connectivity index (χ2v) is 4.39. The Morgan fingerprint density at radius 1 is 1.43 bits per heavy atom. The maximum absolute atomic E-state index is 12.1. The molecule has 0 atom stereocenters. The third kappa shape index (κ3) is 4.44. The summed E-state index contributed by atoms with van der Waals surface area (Å²) in [4.78, 5) is 16.0. The molecule has 0 radical (unpaired) electrons. The average molecular weight is 285 g/mol. The third-order valence-corrected chi connectivity index (χ3v) is 2.68. The van der Waals surface area contributed by atoms with Crippen LogP contribution in [0, 0.1) is 18.8 Å². The van der Waals surface area contributed by atoms with Crippen LogP contribution in [0.3, 0.4) is 0 Å². The van der Waals surface area contributed by atoms with Crippen molar-refractivity contribution in [2.24, 2.45) is 0 Å². The lowest BCUT2D eigenvalue weighted by molar-refractivity contribution is 0.0953. The molecule has 6 nitrogen and oxygen atoms in total.